The molecule has 0 aromatic heterocycles. The largest absolute Gasteiger partial charge is 0.544 e. The molecular formula is C25H52N2O4. The number of aliphatic carboxylic acids is 2. The molecule has 0 aromatic rings. The van der Waals surface area contributed by atoms with E-state index in [9.17, 15) is 19.8 Å². The Kier molecular flexibility index (Phi) is 21.4. The van der Waals surface area contributed by atoms with Gasteiger partial charge in [-0.2, -0.15) is 0 Å². The number of carbonyl (C=O) groups is 2. The zero-order valence-corrected chi connectivity index (χ0v) is 21.5. The van der Waals surface area contributed by atoms with E-state index in [1.807, 2.05) is 0 Å². The van der Waals surface area contributed by atoms with Crippen LogP contribution in [0.15, 0.2) is 0 Å². The number of likely N-dealkylation sites (N-methyl/N-ethyl adjacent to an activating group) is 1. The predicted molar refractivity (Wildman–Crippen MR) is 128 cm³/mol. The molecule has 0 rings (SSSR count). The van der Waals surface area contributed by atoms with Crippen molar-refractivity contribution in [3.05, 3.63) is 0 Å². The van der Waals surface area contributed by atoms with Gasteiger partial charge in [0.2, 0.25) is 0 Å². The molecule has 6 nitrogen and oxygen atoms in total. The van der Waals surface area contributed by atoms with Gasteiger partial charge in [0, 0.05) is 0 Å². The third kappa shape index (κ3) is 23.4. The number of carboxylic acid groups (broad SMARTS) is 2. The van der Waals surface area contributed by atoms with Crippen LogP contribution in [0.5, 0.6) is 0 Å². The fraction of sp³-hybridized carbons (Fsp3) is 0.920. The number of rotatable bonds is 19. The lowest BCUT2D eigenvalue weighted by molar-refractivity contribution is -0.864. The van der Waals surface area contributed by atoms with Crippen molar-refractivity contribution >= 4 is 11.9 Å². The maximum atomic E-state index is 11.5. The predicted octanol–water partition coefficient (Wildman–Crippen LogP) is 4.32. The van der Waals surface area contributed by atoms with Crippen molar-refractivity contribution in [1.82, 2.24) is 4.90 Å². The molecule has 0 amide bonds. The fourth-order valence-electron chi connectivity index (χ4n) is 3.67. The van der Waals surface area contributed by atoms with Crippen LogP contribution in [0.4, 0.5) is 0 Å². The van der Waals surface area contributed by atoms with E-state index in [-0.39, 0.29) is 12.6 Å². The number of quaternary nitrogens is 1. The van der Waals surface area contributed by atoms with Crippen LogP contribution in [0.2, 0.25) is 0 Å². The normalized spacial score (nSPS) is 12.4. The van der Waals surface area contributed by atoms with Crippen LogP contribution in [0.3, 0.4) is 0 Å². The van der Waals surface area contributed by atoms with Gasteiger partial charge in [0.15, 0.2) is 0 Å². The van der Waals surface area contributed by atoms with Crippen molar-refractivity contribution in [3.63, 3.8) is 0 Å². The second-order valence-electron chi connectivity index (χ2n) is 9.68. The quantitative estimate of drug-likeness (QED) is 0.237. The number of nitrogens with zero attached hydrogens (tertiary/aromatic N) is 2. The Morgan fingerprint density at radius 2 is 1.19 bits per heavy atom. The molecule has 0 saturated carbocycles. The summed E-state index contributed by atoms with van der Waals surface area (Å²) < 4.78 is 0.419. The van der Waals surface area contributed by atoms with Gasteiger partial charge in [0.05, 0.1) is 27.1 Å². The SMILES string of the molecule is CCCCCCCCCCCCC(C(=O)O)N(CCC)CCC.C[N+](C)(C)CC(=O)[O-]. The average molecular weight is 445 g/mol. The first kappa shape index (κ1) is 32.0. The van der Waals surface area contributed by atoms with Crippen molar-refractivity contribution in [2.45, 2.75) is 110 Å². The summed E-state index contributed by atoms with van der Waals surface area (Å²) in [4.78, 5) is 23.6. The Bertz CT molecular complexity index is 430. The first-order valence-electron chi connectivity index (χ1n) is 12.6. The number of hydrogen-bond donors (Lipinski definition) is 1. The van der Waals surface area contributed by atoms with E-state index >= 15 is 0 Å². The molecule has 1 N–H and O–H groups in total. The van der Waals surface area contributed by atoms with Crippen molar-refractivity contribution in [2.75, 3.05) is 40.8 Å². The molecule has 6 heteroatoms. The Morgan fingerprint density at radius 1 is 0.774 bits per heavy atom. The van der Waals surface area contributed by atoms with E-state index in [2.05, 4.69) is 25.7 Å². The Labute approximate surface area is 192 Å². The van der Waals surface area contributed by atoms with E-state index < -0.39 is 11.9 Å². The number of unbranched alkanes of at least 4 members (excludes halogenated alkanes) is 9. The molecule has 0 heterocycles. The van der Waals surface area contributed by atoms with Gasteiger partial charge < -0.3 is 19.5 Å². The molecule has 0 bridgehead atoms. The first-order chi connectivity index (χ1) is 14.6. The number of hydrogen-bond acceptors (Lipinski definition) is 4. The Balaban J connectivity index is 0. The van der Waals surface area contributed by atoms with Crippen molar-refractivity contribution in [1.29, 1.82) is 0 Å². The van der Waals surface area contributed by atoms with Crippen LogP contribution in [0, 0.1) is 0 Å². The molecule has 0 saturated heterocycles. The summed E-state index contributed by atoms with van der Waals surface area (Å²) in [6.45, 7) is 8.39. The smallest absolute Gasteiger partial charge is 0.320 e. The van der Waals surface area contributed by atoms with Crippen LogP contribution < -0.4 is 5.11 Å². The Morgan fingerprint density at radius 3 is 1.48 bits per heavy atom. The number of carboxylic acids is 2. The lowest BCUT2D eigenvalue weighted by Gasteiger charge is -2.28. The summed E-state index contributed by atoms with van der Waals surface area (Å²) >= 11 is 0. The highest BCUT2D eigenvalue weighted by molar-refractivity contribution is 5.73. The third-order valence-electron chi connectivity index (χ3n) is 5.18. The first-order valence-corrected chi connectivity index (χ1v) is 12.6. The molecule has 0 radical (unpaired) electrons. The minimum Gasteiger partial charge on any atom is -0.544 e. The summed E-state index contributed by atoms with van der Waals surface area (Å²) in [5, 5.41) is 19.4. The van der Waals surface area contributed by atoms with Gasteiger partial charge in [0.1, 0.15) is 12.6 Å². The van der Waals surface area contributed by atoms with Gasteiger partial charge in [-0.1, -0.05) is 85.0 Å². The lowest BCUT2D eigenvalue weighted by Crippen LogP contribution is -2.45. The molecule has 186 valence electrons. The van der Waals surface area contributed by atoms with Crippen molar-refractivity contribution < 1.29 is 24.3 Å². The highest BCUT2D eigenvalue weighted by Gasteiger charge is 2.23. The van der Waals surface area contributed by atoms with E-state index in [0.29, 0.717) is 4.48 Å². The van der Waals surface area contributed by atoms with Crippen LogP contribution in [0.1, 0.15) is 104 Å². The molecule has 1 atom stereocenters. The average Bonchev–Trinajstić information content (AvgIpc) is 2.64. The molecule has 0 fully saturated rings. The van der Waals surface area contributed by atoms with E-state index in [1.54, 1.807) is 21.1 Å². The summed E-state index contributed by atoms with van der Waals surface area (Å²) in [5.41, 5.74) is 0. The summed E-state index contributed by atoms with van der Waals surface area (Å²) in [5.74, 6) is -1.64. The molecule has 0 aliphatic carbocycles. The molecule has 0 spiro atoms. The van der Waals surface area contributed by atoms with Gasteiger partial charge >= 0.3 is 5.97 Å². The maximum absolute atomic E-state index is 11.5. The van der Waals surface area contributed by atoms with Crippen LogP contribution in [0.25, 0.3) is 0 Å². The molecule has 31 heavy (non-hydrogen) atoms. The summed E-state index contributed by atoms with van der Waals surface area (Å²) in [6.07, 6.45) is 15.9. The molecule has 0 aliphatic heterocycles. The zero-order chi connectivity index (χ0) is 24.1. The van der Waals surface area contributed by atoms with Crippen molar-refractivity contribution in [3.8, 4) is 0 Å². The third-order valence-corrected chi connectivity index (χ3v) is 5.18. The van der Waals surface area contributed by atoms with Crippen LogP contribution in [-0.2, 0) is 9.59 Å². The molecule has 0 aliphatic rings. The molecular weight excluding hydrogens is 392 g/mol. The highest BCUT2D eigenvalue weighted by atomic mass is 16.4. The lowest BCUT2D eigenvalue weighted by atomic mass is 10.0. The topological polar surface area (TPSA) is 80.7 Å². The van der Waals surface area contributed by atoms with Gasteiger partial charge in [-0.3, -0.25) is 9.69 Å². The molecule has 0 aromatic carbocycles. The van der Waals surface area contributed by atoms with Gasteiger partial charge in [-0.05, 0) is 32.4 Å². The van der Waals surface area contributed by atoms with Gasteiger partial charge in [-0.15, -0.1) is 0 Å². The van der Waals surface area contributed by atoms with E-state index in [0.717, 1.165) is 38.8 Å². The van der Waals surface area contributed by atoms with Crippen LogP contribution >= 0.6 is 0 Å². The minimum absolute atomic E-state index is 0.0694. The molecule has 1 unspecified atom stereocenters. The second kappa shape index (κ2) is 20.7. The monoisotopic (exact) mass is 444 g/mol. The summed E-state index contributed by atoms with van der Waals surface area (Å²) in [7, 11) is 5.40. The van der Waals surface area contributed by atoms with Gasteiger partial charge in [0.25, 0.3) is 0 Å². The Hall–Kier alpha value is -1.14. The summed E-state index contributed by atoms with van der Waals surface area (Å²) in [6, 6.07) is -0.274. The highest BCUT2D eigenvalue weighted by Crippen LogP contribution is 2.15. The second-order valence-corrected chi connectivity index (χ2v) is 9.68. The number of carbonyl (C=O) groups excluding carboxylic acids is 1. The van der Waals surface area contributed by atoms with Crippen molar-refractivity contribution in [2.24, 2.45) is 0 Å². The maximum Gasteiger partial charge on any atom is 0.320 e. The van der Waals surface area contributed by atoms with Gasteiger partial charge in [-0.25, -0.2) is 0 Å². The van der Waals surface area contributed by atoms with E-state index in [1.165, 1.54) is 57.8 Å². The fourth-order valence-corrected chi connectivity index (χ4v) is 3.67. The minimum atomic E-state index is -1.00. The standard InChI is InChI=1S/C20H41NO2.C5H11NO2/c1-4-7-8-9-10-11-12-13-14-15-16-19(20(22)23)21(17-5-2)18-6-3;1-6(2,3)4-5(7)8/h19H,4-18H2,1-3H3,(H,22,23);4H2,1-3H3. The van der Waals surface area contributed by atoms with E-state index in [4.69, 9.17) is 0 Å². The zero-order valence-electron chi connectivity index (χ0n) is 21.5. The van der Waals surface area contributed by atoms with Crippen LogP contribution in [-0.4, -0.2) is 73.2 Å².